The quantitative estimate of drug-likeness (QED) is 0.394. The maximum Gasteiger partial charge on any atom is 0.186 e. The van der Waals surface area contributed by atoms with Crippen LogP contribution in [0.2, 0.25) is 0 Å². The van der Waals surface area contributed by atoms with Crippen LogP contribution >= 0.6 is 0 Å². The zero-order valence-electron chi connectivity index (χ0n) is 19.3. The molecule has 1 fully saturated rings. The molecule has 1 saturated heterocycles. The van der Waals surface area contributed by atoms with Gasteiger partial charge in [0, 0.05) is 7.11 Å². The van der Waals surface area contributed by atoms with Gasteiger partial charge in [-0.3, -0.25) is 0 Å². The van der Waals surface area contributed by atoms with Crippen molar-refractivity contribution in [3.05, 3.63) is 108 Å². The fourth-order valence-electron chi connectivity index (χ4n) is 3.95. The summed E-state index contributed by atoms with van der Waals surface area (Å²) in [4.78, 5) is 0. The van der Waals surface area contributed by atoms with Crippen LogP contribution in [0.15, 0.2) is 91.0 Å². The summed E-state index contributed by atoms with van der Waals surface area (Å²) in [7, 11) is 1.53. The van der Waals surface area contributed by atoms with Crippen molar-refractivity contribution in [2.75, 3.05) is 13.7 Å². The van der Waals surface area contributed by atoms with Gasteiger partial charge < -0.3 is 23.7 Å². The minimum atomic E-state index is -1.45. The molecule has 4 rings (SSSR count). The van der Waals surface area contributed by atoms with E-state index in [1.54, 1.807) is 0 Å². The zero-order chi connectivity index (χ0) is 23.6. The van der Waals surface area contributed by atoms with E-state index in [0.29, 0.717) is 13.2 Å². The van der Waals surface area contributed by atoms with Crippen molar-refractivity contribution in [2.24, 2.45) is 0 Å². The van der Waals surface area contributed by atoms with Gasteiger partial charge >= 0.3 is 0 Å². The Hall–Kier alpha value is -2.61. The third-order valence-corrected chi connectivity index (χ3v) is 5.77. The van der Waals surface area contributed by atoms with Crippen molar-refractivity contribution in [1.29, 1.82) is 0 Å². The zero-order valence-corrected chi connectivity index (χ0v) is 19.3. The van der Waals surface area contributed by atoms with Crippen molar-refractivity contribution < 1.29 is 28.1 Å². The number of hydrogen-bond acceptors (Lipinski definition) is 5. The van der Waals surface area contributed by atoms with E-state index in [1.807, 2.05) is 91.0 Å². The van der Waals surface area contributed by atoms with E-state index in [2.05, 4.69) is 0 Å². The Morgan fingerprint density at radius 1 is 0.676 bits per heavy atom. The van der Waals surface area contributed by atoms with Gasteiger partial charge in [0.25, 0.3) is 0 Å². The second-order valence-corrected chi connectivity index (χ2v) is 8.25. The third kappa shape index (κ3) is 6.72. The molecule has 5 atom stereocenters. The number of hydrogen-bond donors (Lipinski definition) is 0. The van der Waals surface area contributed by atoms with Crippen molar-refractivity contribution in [3.63, 3.8) is 0 Å². The van der Waals surface area contributed by atoms with Crippen molar-refractivity contribution in [1.82, 2.24) is 0 Å². The predicted molar refractivity (Wildman–Crippen MR) is 127 cm³/mol. The number of methoxy groups -OCH3 is 1. The lowest BCUT2D eigenvalue weighted by Crippen LogP contribution is -2.59. The van der Waals surface area contributed by atoms with Crippen molar-refractivity contribution in [3.8, 4) is 0 Å². The number of benzene rings is 3. The van der Waals surface area contributed by atoms with E-state index < -0.39 is 30.8 Å². The van der Waals surface area contributed by atoms with Gasteiger partial charge in [0.05, 0.1) is 26.4 Å². The fourth-order valence-corrected chi connectivity index (χ4v) is 3.95. The summed E-state index contributed by atoms with van der Waals surface area (Å²) < 4.78 is 45.3. The van der Waals surface area contributed by atoms with Crippen LogP contribution in [0.25, 0.3) is 0 Å². The molecule has 1 heterocycles. The fraction of sp³-hybridized carbons (Fsp3) is 0.357. The van der Waals surface area contributed by atoms with Crippen LogP contribution in [0.4, 0.5) is 4.39 Å². The first kappa shape index (κ1) is 24.5. The Balaban J connectivity index is 1.44. The lowest BCUT2D eigenvalue weighted by atomic mass is 9.99. The van der Waals surface area contributed by atoms with E-state index in [1.165, 1.54) is 7.11 Å². The second kappa shape index (κ2) is 12.7. The van der Waals surface area contributed by atoms with Crippen LogP contribution in [-0.4, -0.2) is 44.5 Å². The molecule has 0 aromatic heterocycles. The number of ether oxygens (including phenoxy) is 5. The Morgan fingerprint density at radius 3 is 1.65 bits per heavy atom. The van der Waals surface area contributed by atoms with E-state index in [-0.39, 0.29) is 13.2 Å². The highest BCUT2D eigenvalue weighted by molar-refractivity contribution is 5.15. The van der Waals surface area contributed by atoms with Crippen LogP contribution in [0, 0.1) is 0 Å². The molecular weight excluding hydrogens is 435 g/mol. The van der Waals surface area contributed by atoms with Crippen LogP contribution in [0.5, 0.6) is 0 Å². The second-order valence-electron chi connectivity index (χ2n) is 8.25. The monoisotopic (exact) mass is 466 g/mol. The van der Waals surface area contributed by atoms with Gasteiger partial charge in [-0.1, -0.05) is 91.0 Å². The summed E-state index contributed by atoms with van der Waals surface area (Å²) in [6.45, 7) is 0.994. The summed E-state index contributed by atoms with van der Waals surface area (Å²) in [5.74, 6) is 0. The van der Waals surface area contributed by atoms with E-state index in [0.717, 1.165) is 16.7 Å². The van der Waals surface area contributed by atoms with Gasteiger partial charge in [-0.25, -0.2) is 4.39 Å². The molecule has 0 aliphatic carbocycles. The molecular formula is C28H31FO5. The van der Waals surface area contributed by atoms with Gasteiger partial charge in [-0.15, -0.1) is 0 Å². The molecule has 3 aromatic rings. The summed E-state index contributed by atoms with van der Waals surface area (Å²) >= 11 is 0. The smallest absolute Gasteiger partial charge is 0.186 e. The van der Waals surface area contributed by atoms with E-state index >= 15 is 4.39 Å². The van der Waals surface area contributed by atoms with Gasteiger partial charge in [0.2, 0.25) is 0 Å². The average molecular weight is 467 g/mol. The minimum absolute atomic E-state index is 0.0759. The Labute approximate surface area is 200 Å². The predicted octanol–water partition coefficient (Wildman–Crippen LogP) is 5.08. The van der Waals surface area contributed by atoms with E-state index in [4.69, 9.17) is 23.7 Å². The van der Waals surface area contributed by atoms with Crippen LogP contribution in [-0.2, 0) is 43.5 Å². The maximum atomic E-state index is 15.8. The minimum Gasteiger partial charge on any atom is -0.374 e. The molecule has 0 radical (unpaired) electrons. The molecule has 3 aromatic carbocycles. The van der Waals surface area contributed by atoms with Crippen molar-refractivity contribution in [2.45, 2.75) is 50.6 Å². The maximum absolute atomic E-state index is 15.8. The first-order valence-corrected chi connectivity index (χ1v) is 11.5. The molecule has 0 spiro atoms. The first-order chi connectivity index (χ1) is 16.7. The van der Waals surface area contributed by atoms with Gasteiger partial charge in [0.15, 0.2) is 12.5 Å². The molecule has 34 heavy (non-hydrogen) atoms. The molecule has 0 bridgehead atoms. The van der Waals surface area contributed by atoms with Gasteiger partial charge in [-0.2, -0.15) is 0 Å². The molecule has 6 heteroatoms. The number of halogens is 1. The highest BCUT2D eigenvalue weighted by Gasteiger charge is 2.48. The van der Waals surface area contributed by atoms with Crippen LogP contribution in [0.1, 0.15) is 16.7 Å². The number of rotatable bonds is 11. The Kier molecular flexibility index (Phi) is 9.19. The summed E-state index contributed by atoms with van der Waals surface area (Å²) in [6, 6.07) is 29.2. The van der Waals surface area contributed by atoms with E-state index in [9.17, 15) is 0 Å². The first-order valence-electron chi connectivity index (χ1n) is 11.5. The lowest BCUT2D eigenvalue weighted by Gasteiger charge is -2.42. The Morgan fingerprint density at radius 2 is 1.15 bits per heavy atom. The lowest BCUT2D eigenvalue weighted by molar-refractivity contribution is -0.306. The van der Waals surface area contributed by atoms with Crippen molar-refractivity contribution >= 4 is 0 Å². The topological polar surface area (TPSA) is 46.2 Å². The third-order valence-electron chi connectivity index (χ3n) is 5.77. The summed E-state index contributed by atoms with van der Waals surface area (Å²) in [6.07, 6.45) is -4.71. The van der Waals surface area contributed by atoms with Gasteiger partial charge in [0.1, 0.15) is 18.3 Å². The Bertz CT molecular complexity index is 956. The summed E-state index contributed by atoms with van der Waals surface area (Å²) in [5, 5.41) is 0. The standard InChI is InChI=1S/C28H31FO5/c1-30-28-27(33-19-23-15-9-4-10-16-23)26(32-18-22-13-7-3-8-14-22)25(29)24(34-28)20-31-17-21-11-5-2-6-12-21/h2-16,24-28H,17-20H2,1H3/t24-,25+,26+,27-,28+/m1/s1. The largest absolute Gasteiger partial charge is 0.374 e. The molecule has 1 aliphatic heterocycles. The molecule has 0 N–H and O–H groups in total. The summed E-state index contributed by atoms with van der Waals surface area (Å²) in [5.41, 5.74) is 2.94. The average Bonchev–Trinajstić information content (AvgIpc) is 2.89. The highest BCUT2D eigenvalue weighted by Crippen LogP contribution is 2.30. The molecule has 1 aliphatic rings. The SMILES string of the molecule is CO[C@H]1O[C@H](COCc2ccccc2)[C@H](F)[C@H](OCc2ccccc2)[C@H]1OCc1ccccc1. The normalized spacial score (nSPS) is 24.7. The molecule has 0 saturated carbocycles. The number of alkyl halides is 1. The van der Waals surface area contributed by atoms with Crippen LogP contribution < -0.4 is 0 Å². The molecule has 0 amide bonds. The molecule has 180 valence electrons. The highest BCUT2D eigenvalue weighted by atomic mass is 19.1. The van der Waals surface area contributed by atoms with Crippen LogP contribution in [0.3, 0.4) is 0 Å². The molecule has 5 nitrogen and oxygen atoms in total. The van der Waals surface area contributed by atoms with Gasteiger partial charge in [-0.05, 0) is 16.7 Å². The molecule has 0 unspecified atom stereocenters.